The van der Waals surface area contributed by atoms with Gasteiger partial charge in [0.1, 0.15) is 5.56 Å². The van der Waals surface area contributed by atoms with Crippen molar-refractivity contribution in [2.24, 2.45) is 0 Å². The molecule has 0 aliphatic heterocycles. The Hall–Kier alpha value is -2.13. The molecule has 1 heterocycles. The summed E-state index contributed by atoms with van der Waals surface area (Å²) in [5, 5.41) is 10.6. The summed E-state index contributed by atoms with van der Waals surface area (Å²) in [7, 11) is 0. The van der Waals surface area contributed by atoms with Gasteiger partial charge in [-0.05, 0) is 13.0 Å². The monoisotopic (exact) mass is 267 g/mol. The third-order valence-corrected chi connectivity index (χ3v) is 2.52. The van der Waals surface area contributed by atoms with Crippen LogP contribution in [0.1, 0.15) is 17.3 Å². The van der Waals surface area contributed by atoms with Gasteiger partial charge in [-0.3, -0.25) is 14.9 Å². The van der Waals surface area contributed by atoms with Crippen LogP contribution in [-0.2, 0) is 0 Å². The van der Waals surface area contributed by atoms with E-state index in [4.69, 9.17) is 18.0 Å². The molecule has 0 radical (unpaired) electrons. The number of terminal acetylenes is 1. The zero-order chi connectivity index (χ0) is 13.7. The second-order valence-electron chi connectivity index (χ2n) is 3.28. The number of nitro groups is 1. The molecule has 0 aliphatic rings. The first kappa shape index (κ1) is 13.9. The molecule has 0 aliphatic carbocycles. The van der Waals surface area contributed by atoms with Crippen molar-refractivity contribution in [1.82, 2.24) is 9.88 Å². The van der Waals surface area contributed by atoms with Gasteiger partial charge < -0.3 is 4.90 Å². The van der Waals surface area contributed by atoms with Crippen molar-refractivity contribution in [1.29, 1.82) is 0 Å². The Morgan fingerprint density at radius 2 is 2.39 bits per heavy atom. The highest BCUT2D eigenvalue weighted by molar-refractivity contribution is 6.32. The van der Waals surface area contributed by atoms with Crippen LogP contribution in [0.4, 0.5) is 5.69 Å². The molecule has 0 aromatic carbocycles. The van der Waals surface area contributed by atoms with Crippen molar-refractivity contribution in [3.8, 4) is 12.3 Å². The minimum atomic E-state index is -0.730. The molecular formula is C11H10ClN3O3. The molecular weight excluding hydrogens is 258 g/mol. The lowest BCUT2D eigenvalue weighted by molar-refractivity contribution is -0.385. The second kappa shape index (κ2) is 5.98. The Labute approximate surface area is 109 Å². The lowest BCUT2D eigenvalue weighted by Gasteiger charge is -2.17. The SMILES string of the molecule is C#CCN(CC)C(=O)c1ccnc(Cl)c1[N+](=O)[O-]. The van der Waals surface area contributed by atoms with Gasteiger partial charge in [0, 0.05) is 12.7 Å². The molecule has 18 heavy (non-hydrogen) atoms. The molecule has 1 aromatic heterocycles. The fourth-order valence-electron chi connectivity index (χ4n) is 1.38. The maximum Gasteiger partial charge on any atom is 0.319 e. The van der Waals surface area contributed by atoms with Crippen LogP contribution in [0.3, 0.4) is 0 Å². The average Bonchev–Trinajstić information content (AvgIpc) is 2.34. The van der Waals surface area contributed by atoms with Crippen LogP contribution in [0.15, 0.2) is 12.3 Å². The lowest BCUT2D eigenvalue weighted by atomic mass is 10.2. The van der Waals surface area contributed by atoms with Crippen LogP contribution in [0.2, 0.25) is 5.15 Å². The first-order chi connectivity index (χ1) is 8.52. The number of carbonyl (C=O) groups excluding carboxylic acids is 1. The van der Waals surface area contributed by atoms with E-state index < -0.39 is 16.5 Å². The molecule has 94 valence electrons. The van der Waals surface area contributed by atoms with E-state index in [9.17, 15) is 14.9 Å². The van der Waals surface area contributed by atoms with Crippen LogP contribution in [0.25, 0.3) is 0 Å². The van der Waals surface area contributed by atoms with Gasteiger partial charge in [-0.1, -0.05) is 17.5 Å². The molecule has 0 atom stereocenters. The first-order valence-corrected chi connectivity index (χ1v) is 5.42. The molecule has 0 saturated carbocycles. The number of hydrogen-bond acceptors (Lipinski definition) is 4. The highest BCUT2D eigenvalue weighted by atomic mass is 35.5. The van der Waals surface area contributed by atoms with Gasteiger partial charge in [0.2, 0.25) is 5.15 Å². The van der Waals surface area contributed by atoms with Crippen molar-refractivity contribution < 1.29 is 9.72 Å². The maximum atomic E-state index is 12.1. The van der Waals surface area contributed by atoms with Crippen molar-refractivity contribution >= 4 is 23.2 Å². The number of nitrogens with zero attached hydrogens (tertiary/aromatic N) is 3. The molecule has 6 nitrogen and oxygen atoms in total. The summed E-state index contributed by atoms with van der Waals surface area (Å²) in [5.41, 5.74) is -0.614. The van der Waals surface area contributed by atoms with Crippen molar-refractivity contribution in [3.05, 3.63) is 33.1 Å². The largest absolute Gasteiger partial charge is 0.328 e. The summed E-state index contributed by atoms with van der Waals surface area (Å²) in [6.07, 6.45) is 6.37. The number of aromatic nitrogens is 1. The number of pyridine rings is 1. The van der Waals surface area contributed by atoms with Gasteiger partial charge in [-0.25, -0.2) is 4.98 Å². The summed E-state index contributed by atoms with van der Waals surface area (Å²) >= 11 is 5.63. The van der Waals surface area contributed by atoms with Gasteiger partial charge >= 0.3 is 5.69 Å². The summed E-state index contributed by atoms with van der Waals surface area (Å²) in [6, 6.07) is 1.26. The van der Waals surface area contributed by atoms with Gasteiger partial charge in [-0.2, -0.15) is 0 Å². The van der Waals surface area contributed by atoms with Gasteiger partial charge in [-0.15, -0.1) is 6.42 Å². The Balaban J connectivity index is 3.25. The van der Waals surface area contributed by atoms with Crippen LogP contribution >= 0.6 is 11.6 Å². The van der Waals surface area contributed by atoms with E-state index in [2.05, 4.69) is 10.9 Å². The first-order valence-electron chi connectivity index (χ1n) is 5.04. The number of hydrogen-bond donors (Lipinski definition) is 0. The lowest BCUT2D eigenvalue weighted by Crippen LogP contribution is -2.31. The minimum absolute atomic E-state index is 0.0758. The molecule has 1 amide bonds. The van der Waals surface area contributed by atoms with Crippen LogP contribution < -0.4 is 0 Å². The molecule has 0 unspecified atom stereocenters. The second-order valence-corrected chi connectivity index (χ2v) is 3.64. The number of rotatable bonds is 4. The minimum Gasteiger partial charge on any atom is -0.328 e. The number of amides is 1. The Morgan fingerprint density at radius 3 is 2.89 bits per heavy atom. The molecule has 1 rings (SSSR count). The standard InChI is InChI=1S/C11H10ClN3O3/c1-3-7-14(4-2)11(16)8-5-6-13-10(12)9(8)15(17)18/h1,5-6H,4,7H2,2H3. The zero-order valence-corrected chi connectivity index (χ0v) is 10.3. The van der Waals surface area contributed by atoms with Crippen LogP contribution in [0, 0.1) is 22.5 Å². The van der Waals surface area contributed by atoms with Crippen molar-refractivity contribution in [3.63, 3.8) is 0 Å². The van der Waals surface area contributed by atoms with Gasteiger partial charge in [0.25, 0.3) is 5.91 Å². The molecule has 0 spiro atoms. The summed E-state index contributed by atoms with van der Waals surface area (Å²) in [4.78, 5) is 27.1. The van der Waals surface area contributed by atoms with E-state index in [1.807, 2.05) is 0 Å². The number of carbonyl (C=O) groups is 1. The zero-order valence-electron chi connectivity index (χ0n) is 9.59. The van der Waals surface area contributed by atoms with E-state index in [1.165, 1.54) is 17.2 Å². The van der Waals surface area contributed by atoms with E-state index in [1.54, 1.807) is 6.92 Å². The summed E-state index contributed by atoms with van der Waals surface area (Å²) in [5.74, 6) is 1.78. The average molecular weight is 268 g/mol. The Morgan fingerprint density at radius 1 is 1.72 bits per heavy atom. The van der Waals surface area contributed by atoms with Crippen LogP contribution in [0.5, 0.6) is 0 Å². The predicted octanol–water partition coefficient (Wildman–Crippen LogP) is 1.74. The fourth-order valence-corrected chi connectivity index (χ4v) is 1.61. The van der Waals surface area contributed by atoms with Crippen molar-refractivity contribution in [2.45, 2.75) is 6.92 Å². The van der Waals surface area contributed by atoms with E-state index in [-0.39, 0.29) is 17.3 Å². The predicted molar refractivity (Wildman–Crippen MR) is 66.3 cm³/mol. The van der Waals surface area contributed by atoms with Crippen molar-refractivity contribution in [2.75, 3.05) is 13.1 Å². The highest BCUT2D eigenvalue weighted by Gasteiger charge is 2.27. The topological polar surface area (TPSA) is 76.3 Å². The third-order valence-electron chi connectivity index (χ3n) is 2.24. The Kier molecular flexibility index (Phi) is 4.63. The molecule has 1 aromatic rings. The van der Waals surface area contributed by atoms with E-state index in [0.29, 0.717) is 6.54 Å². The molecule has 0 fully saturated rings. The summed E-state index contributed by atoms with van der Waals surface area (Å²) < 4.78 is 0. The van der Waals surface area contributed by atoms with E-state index >= 15 is 0 Å². The normalized spacial score (nSPS) is 9.61. The molecule has 0 saturated heterocycles. The maximum absolute atomic E-state index is 12.1. The molecule has 0 bridgehead atoms. The fraction of sp³-hybridized carbons (Fsp3) is 0.273. The van der Waals surface area contributed by atoms with Gasteiger partial charge in [0.05, 0.1) is 11.5 Å². The van der Waals surface area contributed by atoms with Crippen LogP contribution in [-0.4, -0.2) is 33.8 Å². The summed E-state index contributed by atoms with van der Waals surface area (Å²) in [6.45, 7) is 2.15. The Bertz CT molecular complexity index is 525. The quantitative estimate of drug-likeness (QED) is 0.360. The number of halogens is 1. The molecule has 7 heteroatoms. The highest BCUT2D eigenvalue weighted by Crippen LogP contribution is 2.26. The molecule has 0 N–H and O–H groups in total. The smallest absolute Gasteiger partial charge is 0.319 e. The van der Waals surface area contributed by atoms with E-state index in [0.717, 1.165) is 0 Å². The van der Waals surface area contributed by atoms with Gasteiger partial charge in [0.15, 0.2) is 0 Å². The third kappa shape index (κ3) is 2.76.